The molecular formula is C19H20O6. The van der Waals surface area contributed by atoms with Crippen molar-refractivity contribution in [3.63, 3.8) is 0 Å². The summed E-state index contributed by atoms with van der Waals surface area (Å²) in [5.74, 6) is 2.68. The van der Waals surface area contributed by atoms with E-state index in [1.807, 2.05) is 0 Å². The Morgan fingerprint density at radius 3 is 2.36 bits per heavy atom. The lowest BCUT2D eigenvalue weighted by Gasteiger charge is -2.28. The van der Waals surface area contributed by atoms with Gasteiger partial charge in [-0.15, -0.1) is 0 Å². The predicted octanol–water partition coefficient (Wildman–Crippen LogP) is 2.97. The third-order valence-corrected chi connectivity index (χ3v) is 4.20. The van der Waals surface area contributed by atoms with Crippen LogP contribution >= 0.6 is 0 Å². The zero-order valence-corrected chi connectivity index (χ0v) is 14.6. The van der Waals surface area contributed by atoms with Crippen molar-refractivity contribution in [1.82, 2.24) is 0 Å². The van der Waals surface area contributed by atoms with Crippen molar-refractivity contribution in [1.29, 1.82) is 0 Å². The Morgan fingerprint density at radius 1 is 0.960 bits per heavy atom. The summed E-state index contributed by atoms with van der Waals surface area (Å²) in [6.07, 6.45) is -0.581. The average molecular weight is 344 g/mol. The van der Waals surface area contributed by atoms with Crippen molar-refractivity contribution in [2.45, 2.75) is 12.5 Å². The van der Waals surface area contributed by atoms with Gasteiger partial charge in [-0.05, 0) is 6.07 Å². The number of fused-ring (bicyclic) bond motifs is 1. The second-order valence-corrected chi connectivity index (χ2v) is 5.53. The van der Waals surface area contributed by atoms with E-state index in [-0.39, 0.29) is 12.2 Å². The van der Waals surface area contributed by atoms with E-state index in [0.29, 0.717) is 39.9 Å². The molecule has 0 spiro atoms. The van der Waals surface area contributed by atoms with Crippen LogP contribution < -0.4 is 23.7 Å². The van der Waals surface area contributed by atoms with Gasteiger partial charge in [0.1, 0.15) is 17.2 Å². The quantitative estimate of drug-likeness (QED) is 0.831. The molecule has 0 N–H and O–H groups in total. The Balaban J connectivity index is 2.07. The maximum Gasteiger partial charge on any atom is 0.186 e. The highest BCUT2D eigenvalue weighted by molar-refractivity contribution is 5.90. The molecule has 0 amide bonds. The van der Waals surface area contributed by atoms with E-state index in [4.69, 9.17) is 23.7 Å². The second-order valence-electron chi connectivity index (χ2n) is 5.53. The number of rotatable bonds is 5. The summed E-state index contributed by atoms with van der Waals surface area (Å²) >= 11 is 0. The number of ketones is 1. The smallest absolute Gasteiger partial charge is 0.186 e. The van der Waals surface area contributed by atoms with Crippen LogP contribution in [0.2, 0.25) is 0 Å². The van der Waals surface area contributed by atoms with Crippen LogP contribution in [-0.4, -0.2) is 34.2 Å². The normalized spacial score (nSPS) is 15.8. The maximum atomic E-state index is 12.7. The van der Waals surface area contributed by atoms with Gasteiger partial charge in [-0.2, -0.15) is 0 Å². The fraction of sp³-hybridized carbons (Fsp3) is 0.316. The van der Waals surface area contributed by atoms with Gasteiger partial charge < -0.3 is 23.7 Å². The van der Waals surface area contributed by atoms with Crippen molar-refractivity contribution in [2.24, 2.45) is 0 Å². The second kappa shape index (κ2) is 6.93. The van der Waals surface area contributed by atoms with Crippen LogP contribution in [0.1, 0.15) is 17.2 Å². The highest BCUT2D eigenvalue weighted by Gasteiger charge is 2.34. The monoisotopic (exact) mass is 344 g/mol. The minimum atomic E-state index is -0.783. The summed E-state index contributed by atoms with van der Waals surface area (Å²) < 4.78 is 27.4. The van der Waals surface area contributed by atoms with Gasteiger partial charge in [0.15, 0.2) is 23.4 Å². The van der Waals surface area contributed by atoms with Crippen molar-refractivity contribution >= 4 is 5.78 Å². The zero-order valence-electron chi connectivity index (χ0n) is 14.6. The van der Waals surface area contributed by atoms with Gasteiger partial charge in [0, 0.05) is 29.7 Å². The maximum absolute atomic E-state index is 12.7. The van der Waals surface area contributed by atoms with E-state index in [2.05, 4.69) is 0 Å². The number of methoxy groups -OCH3 is 4. The Morgan fingerprint density at radius 2 is 1.72 bits per heavy atom. The van der Waals surface area contributed by atoms with Gasteiger partial charge >= 0.3 is 0 Å². The number of para-hydroxylation sites is 1. The first-order valence-electron chi connectivity index (χ1n) is 7.78. The summed E-state index contributed by atoms with van der Waals surface area (Å²) in [5.41, 5.74) is 1.34. The molecule has 2 aromatic carbocycles. The molecule has 0 fully saturated rings. The van der Waals surface area contributed by atoms with Gasteiger partial charge in [0.2, 0.25) is 0 Å². The third kappa shape index (κ3) is 2.95. The first-order valence-corrected chi connectivity index (χ1v) is 7.78. The molecule has 0 aliphatic carbocycles. The molecule has 1 atom stereocenters. The van der Waals surface area contributed by atoms with Crippen molar-refractivity contribution in [2.75, 3.05) is 28.4 Å². The number of hydrogen-bond donors (Lipinski definition) is 0. The third-order valence-electron chi connectivity index (χ3n) is 4.20. The largest absolute Gasteiger partial charge is 0.496 e. The molecule has 2 aromatic rings. The van der Waals surface area contributed by atoms with Crippen molar-refractivity contribution in [3.05, 3.63) is 41.5 Å². The van der Waals surface area contributed by atoms with Crippen molar-refractivity contribution < 1.29 is 28.5 Å². The number of Topliss-reactive ketones (excluding diaryl/α,β-unsaturated/α-hetero) is 1. The SMILES string of the molecule is COc1cc(OC)c2c(c1)OC(c1cccc(OC)c1OC)C(=O)C2. The first kappa shape index (κ1) is 17.0. The standard InChI is InChI=1S/C19H20O6/c1-21-11-8-16(23-3)13-10-14(20)18(25-17(13)9-11)12-6-5-7-15(22-2)19(12)24-4/h5-9,18H,10H2,1-4H3. The Kier molecular flexibility index (Phi) is 4.70. The van der Waals surface area contributed by atoms with Crippen LogP contribution in [0, 0.1) is 0 Å². The molecule has 0 saturated carbocycles. The van der Waals surface area contributed by atoms with Crippen LogP contribution in [0.4, 0.5) is 0 Å². The molecule has 1 heterocycles. The summed E-state index contributed by atoms with van der Waals surface area (Å²) in [6, 6.07) is 8.86. The highest BCUT2D eigenvalue weighted by atomic mass is 16.5. The van der Waals surface area contributed by atoms with Crippen LogP contribution in [-0.2, 0) is 11.2 Å². The molecular weight excluding hydrogens is 324 g/mol. The van der Waals surface area contributed by atoms with E-state index < -0.39 is 6.10 Å². The van der Waals surface area contributed by atoms with E-state index >= 15 is 0 Å². The Bertz CT molecular complexity index is 799. The van der Waals surface area contributed by atoms with E-state index in [1.54, 1.807) is 51.7 Å². The molecule has 0 bridgehead atoms. The highest BCUT2D eigenvalue weighted by Crippen LogP contribution is 2.44. The summed E-state index contributed by atoms with van der Waals surface area (Å²) in [6.45, 7) is 0. The minimum absolute atomic E-state index is 0.0810. The van der Waals surface area contributed by atoms with Crippen LogP contribution in [0.5, 0.6) is 28.7 Å². The van der Waals surface area contributed by atoms with Crippen LogP contribution in [0.15, 0.2) is 30.3 Å². The molecule has 1 unspecified atom stereocenters. The van der Waals surface area contributed by atoms with Crippen LogP contribution in [0.25, 0.3) is 0 Å². The lowest BCUT2D eigenvalue weighted by atomic mass is 9.94. The molecule has 1 aliphatic rings. The first-order chi connectivity index (χ1) is 12.1. The fourth-order valence-corrected chi connectivity index (χ4v) is 2.99. The lowest BCUT2D eigenvalue weighted by molar-refractivity contribution is -0.126. The summed E-state index contributed by atoms with van der Waals surface area (Å²) in [7, 11) is 6.21. The number of benzene rings is 2. The molecule has 1 aliphatic heterocycles. The van der Waals surface area contributed by atoms with Gasteiger partial charge in [-0.3, -0.25) is 4.79 Å². The van der Waals surface area contributed by atoms with Crippen molar-refractivity contribution in [3.8, 4) is 28.7 Å². The van der Waals surface area contributed by atoms with E-state index in [0.717, 1.165) is 0 Å². The molecule has 3 rings (SSSR count). The number of carbonyl (C=O) groups excluding carboxylic acids is 1. The molecule has 6 nitrogen and oxygen atoms in total. The van der Waals surface area contributed by atoms with Crippen LogP contribution in [0.3, 0.4) is 0 Å². The van der Waals surface area contributed by atoms with Gasteiger partial charge in [-0.1, -0.05) is 12.1 Å². The Hall–Kier alpha value is -2.89. The fourth-order valence-electron chi connectivity index (χ4n) is 2.99. The van der Waals surface area contributed by atoms with Gasteiger partial charge in [0.05, 0.1) is 28.4 Å². The zero-order chi connectivity index (χ0) is 18.0. The minimum Gasteiger partial charge on any atom is -0.496 e. The molecule has 6 heteroatoms. The number of carbonyl (C=O) groups is 1. The molecule has 0 aromatic heterocycles. The Labute approximate surface area is 146 Å². The number of ether oxygens (including phenoxy) is 5. The summed E-state index contributed by atoms with van der Waals surface area (Å²) in [5, 5.41) is 0. The molecule has 0 saturated heterocycles. The average Bonchev–Trinajstić information content (AvgIpc) is 2.65. The van der Waals surface area contributed by atoms with E-state index in [9.17, 15) is 4.79 Å². The molecule has 0 radical (unpaired) electrons. The predicted molar refractivity (Wildman–Crippen MR) is 91.2 cm³/mol. The van der Waals surface area contributed by atoms with Gasteiger partial charge in [-0.25, -0.2) is 0 Å². The lowest BCUT2D eigenvalue weighted by Crippen LogP contribution is -2.26. The number of hydrogen-bond acceptors (Lipinski definition) is 6. The topological polar surface area (TPSA) is 63.2 Å². The summed E-state index contributed by atoms with van der Waals surface area (Å²) in [4.78, 5) is 12.7. The van der Waals surface area contributed by atoms with Gasteiger partial charge in [0.25, 0.3) is 0 Å². The molecule has 132 valence electrons. The molecule has 25 heavy (non-hydrogen) atoms. The van der Waals surface area contributed by atoms with E-state index in [1.165, 1.54) is 7.11 Å².